The summed E-state index contributed by atoms with van der Waals surface area (Å²) in [6, 6.07) is 10.2. The molecule has 2 aromatic rings. The lowest BCUT2D eigenvalue weighted by atomic mass is 10.2. The van der Waals surface area contributed by atoms with Crippen molar-refractivity contribution in [1.82, 2.24) is 10.3 Å². The van der Waals surface area contributed by atoms with Crippen molar-refractivity contribution in [3.63, 3.8) is 0 Å². The number of hydrogen-bond acceptors (Lipinski definition) is 6. The fraction of sp³-hybridized carbons (Fsp3) is 0.267. The summed E-state index contributed by atoms with van der Waals surface area (Å²) in [5.74, 6) is -0.813. The van der Waals surface area contributed by atoms with E-state index in [0.29, 0.717) is 18.8 Å². The SMILES string of the molecule is O=C(c1occc1[N+](=O)[O-])N(c1ccccc1)N1CCNCC1. The third-order valence-corrected chi connectivity index (χ3v) is 3.60. The van der Waals surface area contributed by atoms with Crippen LogP contribution >= 0.6 is 0 Å². The van der Waals surface area contributed by atoms with E-state index in [1.54, 1.807) is 12.1 Å². The number of amides is 1. The van der Waals surface area contributed by atoms with Gasteiger partial charge in [-0.1, -0.05) is 18.2 Å². The van der Waals surface area contributed by atoms with Crippen molar-refractivity contribution in [2.75, 3.05) is 31.2 Å². The molecule has 0 aliphatic carbocycles. The molecule has 1 aromatic carbocycles. The largest absolute Gasteiger partial charge is 0.453 e. The molecular formula is C15H16N4O4. The first-order valence-electron chi connectivity index (χ1n) is 7.25. The highest BCUT2D eigenvalue weighted by atomic mass is 16.6. The van der Waals surface area contributed by atoms with Gasteiger partial charge < -0.3 is 9.73 Å². The van der Waals surface area contributed by atoms with Crippen LogP contribution in [0, 0.1) is 10.1 Å². The van der Waals surface area contributed by atoms with Gasteiger partial charge >= 0.3 is 11.6 Å². The number of furan rings is 1. The number of rotatable bonds is 4. The molecule has 0 spiro atoms. The molecule has 0 saturated carbocycles. The second kappa shape index (κ2) is 6.59. The van der Waals surface area contributed by atoms with Gasteiger partial charge in [-0.2, -0.15) is 0 Å². The number of para-hydroxylation sites is 1. The Morgan fingerprint density at radius 1 is 1.22 bits per heavy atom. The van der Waals surface area contributed by atoms with Gasteiger partial charge in [0.2, 0.25) is 0 Å². The van der Waals surface area contributed by atoms with Crippen molar-refractivity contribution in [2.24, 2.45) is 0 Å². The number of carbonyl (C=O) groups is 1. The summed E-state index contributed by atoms with van der Waals surface area (Å²) in [5, 5.41) is 17.6. The van der Waals surface area contributed by atoms with Crippen LogP contribution in [0.25, 0.3) is 0 Å². The first kappa shape index (κ1) is 15.2. The minimum Gasteiger partial charge on any atom is -0.453 e. The first-order chi connectivity index (χ1) is 11.2. The maximum atomic E-state index is 12.9. The van der Waals surface area contributed by atoms with Gasteiger partial charge in [0.1, 0.15) is 0 Å². The quantitative estimate of drug-likeness (QED) is 0.681. The van der Waals surface area contributed by atoms with Crippen LogP contribution in [0.2, 0.25) is 0 Å². The molecule has 1 N–H and O–H groups in total. The predicted molar refractivity (Wildman–Crippen MR) is 83.1 cm³/mol. The van der Waals surface area contributed by atoms with E-state index in [1.807, 2.05) is 23.2 Å². The number of nitrogens with one attached hydrogen (secondary N) is 1. The summed E-state index contributed by atoms with van der Waals surface area (Å²) in [6.45, 7) is 2.71. The van der Waals surface area contributed by atoms with Crippen LogP contribution in [0.15, 0.2) is 47.1 Å². The summed E-state index contributed by atoms with van der Waals surface area (Å²) in [6.07, 6.45) is 1.16. The van der Waals surface area contributed by atoms with E-state index >= 15 is 0 Å². The third kappa shape index (κ3) is 3.08. The molecule has 3 rings (SSSR count). The van der Waals surface area contributed by atoms with Gasteiger partial charge in [-0.05, 0) is 12.1 Å². The van der Waals surface area contributed by atoms with E-state index in [0.717, 1.165) is 19.4 Å². The van der Waals surface area contributed by atoms with E-state index in [4.69, 9.17) is 4.42 Å². The second-order valence-electron chi connectivity index (χ2n) is 5.05. The Labute approximate surface area is 132 Å². The maximum absolute atomic E-state index is 12.9. The monoisotopic (exact) mass is 316 g/mol. The lowest BCUT2D eigenvalue weighted by Crippen LogP contribution is -2.55. The smallest absolute Gasteiger partial charge is 0.320 e. The van der Waals surface area contributed by atoms with Crippen LogP contribution in [-0.4, -0.2) is 42.0 Å². The second-order valence-corrected chi connectivity index (χ2v) is 5.05. The van der Waals surface area contributed by atoms with Gasteiger partial charge in [0.05, 0.1) is 22.9 Å². The van der Waals surface area contributed by atoms with Crippen molar-refractivity contribution in [3.05, 3.63) is 58.5 Å². The van der Waals surface area contributed by atoms with Gasteiger partial charge in [0, 0.05) is 26.2 Å². The highest BCUT2D eigenvalue weighted by molar-refractivity contribution is 6.06. The zero-order chi connectivity index (χ0) is 16.2. The Kier molecular flexibility index (Phi) is 4.35. The summed E-state index contributed by atoms with van der Waals surface area (Å²) in [4.78, 5) is 23.4. The molecule has 8 heteroatoms. The van der Waals surface area contributed by atoms with Gasteiger partial charge in [-0.25, -0.2) is 10.0 Å². The van der Waals surface area contributed by atoms with Crippen LogP contribution in [0.5, 0.6) is 0 Å². The van der Waals surface area contributed by atoms with Crippen LogP contribution < -0.4 is 10.3 Å². The standard InChI is InChI=1S/C15H16N4O4/c20-15(14-13(19(21)22)6-11-23-14)18(12-4-2-1-3-5-12)17-9-7-16-8-10-17/h1-6,11,16H,7-10H2. The number of nitrogens with zero attached hydrogens (tertiary/aromatic N) is 3. The highest BCUT2D eigenvalue weighted by Crippen LogP contribution is 2.25. The fourth-order valence-corrected chi connectivity index (χ4v) is 2.53. The molecule has 1 amide bonds. The number of piperazine rings is 1. The number of benzene rings is 1. The van der Waals surface area contributed by atoms with E-state index in [1.165, 1.54) is 11.1 Å². The third-order valence-electron chi connectivity index (χ3n) is 3.60. The van der Waals surface area contributed by atoms with Crippen molar-refractivity contribution < 1.29 is 14.1 Å². The molecule has 1 saturated heterocycles. The molecule has 1 fully saturated rings. The first-order valence-corrected chi connectivity index (χ1v) is 7.25. The Bertz CT molecular complexity index is 695. The summed E-state index contributed by atoms with van der Waals surface area (Å²) in [7, 11) is 0. The van der Waals surface area contributed by atoms with Gasteiger partial charge in [-0.15, -0.1) is 0 Å². The molecule has 1 aliphatic rings. The van der Waals surface area contributed by atoms with E-state index in [-0.39, 0.29) is 11.4 Å². The normalized spacial score (nSPS) is 15.3. The summed E-state index contributed by atoms with van der Waals surface area (Å²) in [5.41, 5.74) is 0.316. The number of anilines is 1. The summed E-state index contributed by atoms with van der Waals surface area (Å²) < 4.78 is 5.11. The number of nitro groups is 1. The Balaban J connectivity index is 1.99. The predicted octanol–water partition coefficient (Wildman–Crippen LogP) is 1.65. The zero-order valence-corrected chi connectivity index (χ0v) is 12.3. The van der Waals surface area contributed by atoms with Crippen molar-refractivity contribution in [2.45, 2.75) is 0 Å². The minimum absolute atomic E-state index is 0.266. The van der Waals surface area contributed by atoms with Crippen molar-refractivity contribution in [3.8, 4) is 0 Å². The van der Waals surface area contributed by atoms with Crippen LogP contribution in [-0.2, 0) is 0 Å². The highest BCUT2D eigenvalue weighted by Gasteiger charge is 2.33. The maximum Gasteiger partial charge on any atom is 0.320 e. The van der Waals surface area contributed by atoms with E-state index in [9.17, 15) is 14.9 Å². The lowest BCUT2D eigenvalue weighted by Gasteiger charge is -2.36. The molecule has 23 heavy (non-hydrogen) atoms. The molecule has 0 bridgehead atoms. The average Bonchev–Trinajstić information content (AvgIpc) is 3.07. The molecule has 0 atom stereocenters. The Hall–Kier alpha value is -2.71. The molecule has 2 heterocycles. The molecule has 0 radical (unpaired) electrons. The minimum atomic E-state index is -0.613. The van der Waals surface area contributed by atoms with Crippen molar-refractivity contribution in [1.29, 1.82) is 0 Å². The number of hydrazine groups is 1. The molecular weight excluding hydrogens is 300 g/mol. The zero-order valence-electron chi connectivity index (χ0n) is 12.3. The van der Waals surface area contributed by atoms with Gasteiger partial charge in [-0.3, -0.25) is 14.9 Å². The number of carbonyl (C=O) groups excluding carboxylic acids is 1. The van der Waals surface area contributed by atoms with Gasteiger partial charge in [0.15, 0.2) is 0 Å². The van der Waals surface area contributed by atoms with Crippen LogP contribution in [0.3, 0.4) is 0 Å². The van der Waals surface area contributed by atoms with Crippen molar-refractivity contribution >= 4 is 17.3 Å². The average molecular weight is 316 g/mol. The van der Waals surface area contributed by atoms with Crippen LogP contribution in [0.4, 0.5) is 11.4 Å². The van der Waals surface area contributed by atoms with Crippen LogP contribution in [0.1, 0.15) is 10.6 Å². The summed E-state index contributed by atoms with van der Waals surface area (Å²) >= 11 is 0. The van der Waals surface area contributed by atoms with E-state index in [2.05, 4.69) is 5.32 Å². The topological polar surface area (TPSA) is 91.9 Å². The van der Waals surface area contributed by atoms with Gasteiger partial charge in [0.25, 0.3) is 5.76 Å². The molecule has 1 aliphatic heterocycles. The molecule has 120 valence electrons. The fourth-order valence-electron chi connectivity index (χ4n) is 2.53. The van der Waals surface area contributed by atoms with E-state index < -0.39 is 10.8 Å². The molecule has 0 unspecified atom stereocenters. The Morgan fingerprint density at radius 3 is 2.57 bits per heavy atom. The number of hydrogen-bond donors (Lipinski definition) is 1. The Morgan fingerprint density at radius 2 is 1.91 bits per heavy atom. The lowest BCUT2D eigenvalue weighted by molar-refractivity contribution is -0.385. The molecule has 8 nitrogen and oxygen atoms in total. The molecule has 1 aromatic heterocycles.